The topological polar surface area (TPSA) is 52.7 Å². The lowest BCUT2D eigenvalue weighted by molar-refractivity contribution is -0.137. The van der Waals surface area contributed by atoms with Crippen LogP contribution >= 0.6 is 0 Å². The largest absolute Gasteiger partial charge is 0.344 e. The van der Waals surface area contributed by atoms with Gasteiger partial charge in [0.05, 0.1) is 0 Å². The molecule has 5 nitrogen and oxygen atoms in total. The Balaban J connectivity index is 1.89. The molecule has 0 bridgehead atoms. The van der Waals surface area contributed by atoms with Crippen LogP contribution in [0.4, 0.5) is 0 Å². The Bertz CT molecular complexity index is 342. The molecular weight excluding hydrogens is 242 g/mol. The summed E-state index contributed by atoms with van der Waals surface area (Å²) in [5.74, 6) is 0.131. The monoisotopic (exact) mass is 267 g/mol. The summed E-state index contributed by atoms with van der Waals surface area (Å²) in [5, 5.41) is 2.82. The fraction of sp³-hybridized carbons (Fsp3) is 0.857. The smallest absolute Gasteiger partial charge is 0.245 e. The van der Waals surface area contributed by atoms with Crippen molar-refractivity contribution in [3.05, 3.63) is 0 Å². The summed E-state index contributed by atoms with van der Waals surface area (Å²) in [6.07, 6.45) is 3.23. The number of amides is 2. The van der Waals surface area contributed by atoms with Gasteiger partial charge < -0.3 is 10.2 Å². The van der Waals surface area contributed by atoms with Gasteiger partial charge in [0.1, 0.15) is 6.04 Å². The molecule has 5 heteroatoms. The van der Waals surface area contributed by atoms with Crippen LogP contribution in [0.25, 0.3) is 0 Å². The summed E-state index contributed by atoms with van der Waals surface area (Å²) in [5.41, 5.74) is 0. The number of carbonyl (C=O) groups is 2. The Morgan fingerprint density at radius 2 is 2.11 bits per heavy atom. The van der Waals surface area contributed by atoms with Crippen molar-refractivity contribution >= 4 is 11.8 Å². The molecule has 0 radical (unpaired) electrons. The summed E-state index contributed by atoms with van der Waals surface area (Å²) in [4.78, 5) is 28.1. The maximum absolute atomic E-state index is 12.4. The van der Waals surface area contributed by atoms with E-state index in [1.807, 2.05) is 4.90 Å². The molecule has 2 heterocycles. The Morgan fingerprint density at radius 1 is 1.37 bits per heavy atom. The summed E-state index contributed by atoms with van der Waals surface area (Å²) >= 11 is 0. The van der Waals surface area contributed by atoms with Crippen LogP contribution in [0.1, 0.15) is 39.5 Å². The molecule has 2 fully saturated rings. The highest BCUT2D eigenvalue weighted by atomic mass is 16.2. The number of nitrogens with one attached hydrogen (secondary N) is 1. The summed E-state index contributed by atoms with van der Waals surface area (Å²) in [6, 6.07) is 0.204. The molecule has 0 aromatic heterocycles. The van der Waals surface area contributed by atoms with Gasteiger partial charge in [0, 0.05) is 25.6 Å². The van der Waals surface area contributed by atoms with Crippen molar-refractivity contribution in [2.24, 2.45) is 0 Å². The van der Waals surface area contributed by atoms with Crippen LogP contribution in [-0.4, -0.2) is 59.9 Å². The molecule has 19 heavy (non-hydrogen) atoms. The third-order valence-electron chi connectivity index (χ3n) is 4.33. The maximum Gasteiger partial charge on any atom is 0.245 e. The quantitative estimate of drug-likeness (QED) is 0.811. The minimum Gasteiger partial charge on any atom is -0.344 e. The highest BCUT2D eigenvalue weighted by Gasteiger charge is 2.34. The molecule has 1 N–H and O–H groups in total. The van der Waals surface area contributed by atoms with E-state index in [1.54, 1.807) is 0 Å². The molecule has 0 aromatic rings. The average molecular weight is 267 g/mol. The second kappa shape index (κ2) is 6.37. The van der Waals surface area contributed by atoms with Gasteiger partial charge >= 0.3 is 0 Å². The minimum absolute atomic E-state index is 0.0177. The van der Waals surface area contributed by atoms with E-state index < -0.39 is 0 Å². The van der Waals surface area contributed by atoms with Crippen LogP contribution < -0.4 is 5.32 Å². The molecule has 0 spiro atoms. The van der Waals surface area contributed by atoms with Gasteiger partial charge in [0.2, 0.25) is 11.8 Å². The van der Waals surface area contributed by atoms with E-state index in [-0.39, 0.29) is 17.9 Å². The van der Waals surface area contributed by atoms with Crippen LogP contribution in [0.5, 0.6) is 0 Å². The SMILES string of the molecule is CCN(CC)C1CCN(C(=O)[C@H]2CCCC(=O)N2)C1. The van der Waals surface area contributed by atoms with E-state index in [9.17, 15) is 9.59 Å². The predicted molar refractivity (Wildman–Crippen MR) is 73.7 cm³/mol. The zero-order valence-electron chi connectivity index (χ0n) is 12.0. The van der Waals surface area contributed by atoms with E-state index in [0.29, 0.717) is 12.5 Å². The van der Waals surface area contributed by atoms with E-state index in [2.05, 4.69) is 24.1 Å². The second-order valence-electron chi connectivity index (χ2n) is 5.46. The van der Waals surface area contributed by atoms with Crippen LogP contribution in [0, 0.1) is 0 Å². The van der Waals surface area contributed by atoms with Crippen LogP contribution in [-0.2, 0) is 9.59 Å². The highest BCUT2D eigenvalue weighted by Crippen LogP contribution is 2.18. The van der Waals surface area contributed by atoms with Gasteiger partial charge in [-0.3, -0.25) is 14.5 Å². The van der Waals surface area contributed by atoms with Crippen molar-refractivity contribution < 1.29 is 9.59 Å². The Morgan fingerprint density at radius 3 is 2.74 bits per heavy atom. The zero-order valence-corrected chi connectivity index (χ0v) is 12.0. The van der Waals surface area contributed by atoms with E-state index in [1.165, 1.54) is 0 Å². The van der Waals surface area contributed by atoms with Crippen molar-refractivity contribution in [2.75, 3.05) is 26.2 Å². The van der Waals surface area contributed by atoms with Crippen LogP contribution in [0.15, 0.2) is 0 Å². The van der Waals surface area contributed by atoms with Gasteiger partial charge in [0.25, 0.3) is 0 Å². The highest BCUT2D eigenvalue weighted by molar-refractivity contribution is 5.88. The van der Waals surface area contributed by atoms with E-state index in [4.69, 9.17) is 0 Å². The van der Waals surface area contributed by atoms with Crippen molar-refractivity contribution in [1.29, 1.82) is 0 Å². The van der Waals surface area contributed by atoms with Crippen molar-refractivity contribution in [2.45, 2.75) is 51.6 Å². The molecule has 0 aromatic carbocycles. The summed E-state index contributed by atoms with van der Waals surface area (Å²) < 4.78 is 0. The normalized spacial score (nSPS) is 27.7. The molecule has 2 aliphatic rings. The molecule has 0 aliphatic carbocycles. The first-order valence-electron chi connectivity index (χ1n) is 7.47. The summed E-state index contributed by atoms with van der Waals surface area (Å²) in [7, 11) is 0. The number of likely N-dealkylation sites (N-methyl/N-ethyl adjacent to an activating group) is 1. The first-order chi connectivity index (χ1) is 9.15. The Kier molecular flexibility index (Phi) is 4.80. The number of hydrogen-bond acceptors (Lipinski definition) is 3. The van der Waals surface area contributed by atoms with Gasteiger partial charge in [-0.15, -0.1) is 0 Å². The maximum atomic E-state index is 12.4. The number of nitrogens with zero attached hydrogens (tertiary/aromatic N) is 2. The minimum atomic E-state index is -0.281. The van der Waals surface area contributed by atoms with Crippen LogP contribution in [0.3, 0.4) is 0 Å². The lowest BCUT2D eigenvalue weighted by Gasteiger charge is -2.29. The first kappa shape index (κ1) is 14.3. The molecule has 0 saturated carbocycles. The molecule has 108 valence electrons. The van der Waals surface area contributed by atoms with E-state index in [0.717, 1.165) is 45.4 Å². The van der Waals surface area contributed by atoms with Gasteiger partial charge in [-0.25, -0.2) is 0 Å². The van der Waals surface area contributed by atoms with Crippen molar-refractivity contribution in [3.63, 3.8) is 0 Å². The van der Waals surface area contributed by atoms with Crippen molar-refractivity contribution in [3.8, 4) is 0 Å². The molecule has 2 saturated heterocycles. The van der Waals surface area contributed by atoms with Crippen LogP contribution in [0.2, 0.25) is 0 Å². The van der Waals surface area contributed by atoms with E-state index >= 15 is 0 Å². The molecular formula is C14H25N3O2. The Labute approximate surface area is 115 Å². The number of hydrogen-bond donors (Lipinski definition) is 1. The third kappa shape index (κ3) is 3.26. The first-order valence-corrected chi connectivity index (χ1v) is 7.47. The zero-order chi connectivity index (χ0) is 13.8. The number of likely N-dealkylation sites (tertiary alicyclic amines) is 1. The fourth-order valence-corrected chi connectivity index (χ4v) is 3.19. The average Bonchev–Trinajstić information content (AvgIpc) is 2.89. The van der Waals surface area contributed by atoms with Gasteiger partial charge in [-0.1, -0.05) is 13.8 Å². The number of rotatable bonds is 4. The van der Waals surface area contributed by atoms with Gasteiger partial charge in [-0.2, -0.15) is 0 Å². The molecule has 2 aliphatic heterocycles. The Hall–Kier alpha value is -1.10. The predicted octanol–water partition coefficient (Wildman–Crippen LogP) is 0.598. The van der Waals surface area contributed by atoms with Gasteiger partial charge in [-0.05, 0) is 32.4 Å². The second-order valence-corrected chi connectivity index (χ2v) is 5.46. The third-order valence-corrected chi connectivity index (χ3v) is 4.33. The van der Waals surface area contributed by atoms with Gasteiger partial charge in [0.15, 0.2) is 0 Å². The fourth-order valence-electron chi connectivity index (χ4n) is 3.19. The molecule has 2 atom stereocenters. The summed E-state index contributed by atoms with van der Waals surface area (Å²) in [6.45, 7) is 8.02. The molecule has 1 unspecified atom stereocenters. The lowest BCUT2D eigenvalue weighted by atomic mass is 10.0. The lowest BCUT2D eigenvalue weighted by Crippen LogP contribution is -2.50. The number of carbonyl (C=O) groups excluding carboxylic acids is 2. The standard InChI is InChI=1S/C14H25N3O2/c1-3-16(4-2)11-8-9-17(10-11)14(19)12-6-5-7-13(18)15-12/h11-12H,3-10H2,1-2H3,(H,15,18)/t11?,12-/m1/s1. The molecule has 2 rings (SSSR count). The van der Waals surface area contributed by atoms with Crippen molar-refractivity contribution in [1.82, 2.24) is 15.1 Å². The molecule has 2 amide bonds. The number of piperidine rings is 1.